The molecule has 0 spiro atoms. The number of methoxy groups -OCH3 is 1. The third-order valence-corrected chi connectivity index (χ3v) is 3.82. The van der Waals surface area contributed by atoms with E-state index in [4.69, 9.17) is 4.74 Å². The van der Waals surface area contributed by atoms with E-state index in [1.54, 1.807) is 7.11 Å². The highest BCUT2D eigenvalue weighted by Crippen LogP contribution is 2.39. The molecule has 2 heteroatoms. The maximum atomic E-state index is 5.40. The number of para-hydroxylation sites is 1. The summed E-state index contributed by atoms with van der Waals surface area (Å²) in [7, 11) is 3.91. The van der Waals surface area contributed by atoms with Crippen LogP contribution in [0.1, 0.15) is 17.2 Å². The molecule has 0 aromatic heterocycles. The fourth-order valence-electron chi connectivity index (χ4n) is 2.96. The molecule has 0 N–H and O–H groups in total. The van der Waals surface area contributed by atoms with Gasteiger partial charge in [0.05, 0.1) is 12.6 Å². The largest absolute Gasteiger partial charge is 0.380 e. The summed E-state index contributed by atoms with van der Waals surface area (Å²) in [6, 6.07) is 19.3. The zero-order valence-electron chi connectivity index (χ0n) is 11.9. The zero-order valence-corrected chi connectivity index (χ0v) is 11.9. The molecule has 0 saturated carbocycles. The van der Waals surface area contributed by atoms with Gasteiger partial charge in [-0.25, -0.2) is 0 Å². The number of anilines is 1. The van der Waals surface area contributed by atoms with E-state index in [-0.39, 0.29) is 6.04 Å². The molecule has 0 bridgehead atoms. The van der Waals surface area contributed by atoms with Crippen LogP contribution in [0.5, 0.6) is 0 Å². The first-order chi connectivity index (χ1) is 9.81. The van der Waals surface area contributed by atoms with Crippen LogP contribution in [-0.2, 0) is 4.74 Å². The molecule has 0 saturated heterocycles. The van der Waals surface area contributed by atoms with E-state index in [0.29, 0.717) is 6.61 Å². The summed E-state index contributed by atoms with van der Waals surface area (Å²) in [5.74, 6) is 0. The van der Waals surface area contributed by atoms with Crippen LogP contribution in [0.15, 0.2) is 60.2 Å². The maximum absolute atomic E-state index is 5.40. The molecule has 1 unspecified atom stereocenters. The van der Waals surface area contributed by atoms with E-state index in [9.17, 15) is 0 Å². The monoisotopic (exact) mass is 265 g/mol. The Labute approximate surface area is 120 Å². The zero-order chi connectivity index (χ0) is 13.9. The Hall–Kier alpha value is -2.06. The van der Waals surface area contributed by atoms with Crippen LogP contribution in [0.3, 0.4) is 0 Å². The van der Waals surface area contributed by atoms with Crippen molar-refractivity contribution in [2.75, 3.05) is 25.7 Å². The highest BCUT2D eigenvalue weighted by molar-refractivity contribution is 5.75. The Morgan fingerprint density at radius 1 is 1.00 bits per heavy atom. The summed E-state index contributed by atoms with van der Waals surface area (Å²) >= 11 is 0. The number of hydrogen-bond acceptors (Lipinski definition) is 2. The summed E-state index contributed by atoms with van der Waals surface area (Å²) in [6.07, 6.45) is 2.26. The molecule has 1 aliphatic heterocycles. The van der Waals surface area contributed by atoms with Crippen LogP contribution >= 0.6 is 0 Å². The van der Waals surface area contributed by atoms with Gasteiger partial charge in [-0.3, -0.25) is 0 Å². The fraction of sp³-hybridized carbons (Fsp3) is 0.222. The molecule has 1 atom stereocenters. The van der Waals surface area contributed by atoms with Crippen molar-refractivity contribution in [3.63, 3.8) is 0 Å². The predicted octanol–water partition coefficient (Wildman–Crippen LogP) is 3.91. The lowest BCUT2D eigenvalue weighted by atomic mass is 9.91. The smallest absolute Gasteiger partial charge is 0.0778 e. The molecule has 0 amide bonds. The van der Waals surface area contributed by atoms with Crippen molar-refractivity contribution in [3.8, 4) is 0 Å². The average molecular weight is 265 g/mol. The third-order valence-electron chi connectivity index (χ3n) is 3.82. The van der Waals surface area contributed by atoms with Gasteiger partial charge < -0.3 is 9.64 Å². The quantitative estimate of drug-likeness (QED) is 0.834. The van der Waals surface area contributed by atoms with Crippen molar-refractivity contribution >= 4 is 11.8 Å². The Balaban J connectivity index is 2.10. The minimum absolute atomic E-state index is 0.242. The van der Waals surface area contributed by atoms with E-state index in [0.717, 1.165) is 0 Å². The van der Waals surface area contributed by atoms with Gasteiger partial charge in [-0.2, -0.15) is 0 Å². The Kier molecular flexibility index (Phi) is 3.57. The van der Waals surface area contributed by atoms with Gasteiger partial charge in [-0.1, -0.05) is 48.5 Å². The minimum atomic E-state index is 0.242. The lowest BCUT2D eigenvalue weighted by Gasteiger charge is -2.37. The van der Waals surface area contributed by atoms with Gasteiger partial charge in [-0.15, -0.1) is 0 Å². The molecule has 2 nitrogen and oxygen atoms in total. The molecule has 0 radical (unpaired) electrons. The van der Waals surface area contributed by atoms with E-state index in [1.165, 1.54) is 22.4 Å². The summed E-state index contributed by atoms with van der Waals surface area (Å²) in [5, 5.41) is 0. The van der Waals surface area contributed by atoms with Gasteiger partial charge in [0.1, 0.15) is 0 Å². The normalized spacial score (nSPS) is 17.6. The van der Waals surface area contributed by atoms with Crippen molar-refractivity contribution in [2.24, 2.45) is 0 Å². The highest BCUT2D eigenvalue weighted by Gasteiger charge is 2.26. The molecule has 1 aliphatic rings. The molecule has 0 aliphatic carbocycles. The molecule has 102 valence electrons. The van der Waals surface area contributed by atoms with E-state index in [2.05, 4.69) is 72.6 Å². The van der Waals surface area contributed by atoms with Crippen molar-refractivity contribution in [1.29, 1.82) is 0 Å². The number of ether oxygens (including phenoxy) is 1. The summed E-state index contributed by atoms with van der Waals surface area (Å²) in [6.45, 7) is 0.651. The van der Waals surface area contributed by atoms with E-state index < -0.39 is 0 Å². The number of likely N-dealkylation sites (N-methyl/N-ethyl adjacent to an activating group) is 1. The van der Waals surface area contributed by atoms with Crippen molar-refractivity contribution in [2.45, 2.75) is 6.04 Å². The second-order valence-corrected chi connectivity index (χ2v) is 5.14. The van der Waals surface area contributed by atoms with Gasteiger partial charge in [0.2, 0.25) is 0 Å². The number of hydrogen-bond donors (Lipinski definition) is 0. The molecular formula is C18H19NO. The first-order valence-corrected chi connectivity index (χ1v) is 6.87. The van der Waals surface area contributed by atoms with Crippen molar-refractivity contribution in [1.82, 2.24) is 0 Å². The van der Waals surface area contributed by atoms with Crippen molar-refractivity contribution in [3.05, 3.63) is 71.3 Å². The van der Waals surface area contributed by atoms with Crippen LogP contribution < -0.4 is 4.90 Å². The first-order valence-electron chi connectivity index (χ1n) is 6.87. The Morgan fingerprint density at radius 3 is 2.45 bits per heavy atom. The molecule has 3 rings (SSSR count). The predicted molar refractivity (Wildman–Crippen MR) is 83.9 cm³/mol. The molecule has 2 aromatic carbocycles. The molecular weight excluding hydrogens is 246 g/mol. The Bertz CT molecular complexity index is 618. The fourth-order valence-corrected chi connectivity index (χ4v) is 2.96. The van der Waals surface area contributed by atoms with Gasteiger partial charge >= 0.3 is 0 Å². The van der Waals surface area contributed by atoms with Gasteiger partial charge in [0.25, 0.3) is 0 Å². The van der Waals surface area contributed by atoms with Gasteiger partial charge in [0.15, 0.2) is 0 Å². The lowest BCUT2D eigenvalue weighted by molar-refractivity contribution is 0.221. The van der Waals surface area contributed by atoms with E-state index >= 15 is 0 Å². The molecule has 20 heavy (non-hydrogen) atoms. The van der Waals surface area contributed by atoms with Crippen LogP contribution in [-0.4, -0.2) is 20.8 Å². The molecule has 1 heterocycles. The maximum Gasteiger partial charge on any atom is 0.0778 e. The summed E-state index contributed by atoms with van der Waals surface area (Å²) in [4.78, 5) is 2.33. The number of rotatable bonds is 3. The van der Waals surface area contributed by atoms with E-state index in [1.807, 2.05) is 0 Å². The van der Waals surface area contributed by atoms with Crippen LogP contribution in [0.4, 0.5) is 5.69 Å². The van der Waals surface area contributed by atoms with Crippen LogP contribution in [0.2, 0.25) is 0 Å². The Morgan fingerprint density at radius 2 is 1.70 bits per heavy atom. The van der Waals surface area contributed by atoms with Crippen LogP contribution in [0.25, 0.3) is 6.08 Å². The van der Waals surface area contributed by atoms with Crippen molar-refractivity contribution < 1.29 is 4.74 Å². The van der Waals surface area contributed by atoms with Crippen LogP contribution in [0, 0.1) is 0 Å². The number of benzene rings is 2. The topological polar surface area (TPSA) is 12.5 Å². The summed E-state index contributed by atoms with van der Waals surface area (Å²) in [5.41, 5.74) is 5.11. The minimum Gasteiger partial charge on any atom is -0.380 e. The lowest BCUT2D eigenvalue weighted by Crippen LogP contribution is -2.30. The standard InChI is InChI=1S/C18H19NO/c1-19-17-11-7-6-10-15(17)12-16(13-20-2)18(19)14-8-4-3-5-9-14/h3-12,18H,13H2,1-2H3. The third kappa shape index (κ3) is 2.23. The summed E-state index contributed by atoms with van der Waals surface area (Å²) < 4.78 is 5.40. The number of fused-ring (bicyclic) bond motifs is 1. The molecule has 2 aromatic rings. The second-order valence-electron chi connectivity index (χ2n) is 5.14. The first kappa shape index (κ1) is 12.9. The molecule has 0 fully saturated rings. The second kappa shape index (κ2) is 5.51. The van der Waals surface area contributed by atoms with Gasteiger partial charge in [0, 0.05) is 19.8 Å². The van der Waals surface area contributed by atoms with Gasteiger partial charge in [-0.05, 0) is 28.8 Å². The highest BCUT2D eigenvalue weighted by atomic mass is 16.5. The SMILES string of the molecule is COCC1=Cc2ccccc2N(C)C1c1ccccc1. The number of nitrogens with zero attached hydrogens (tertiary/aromatic N) is 1. The average Bonchev–Trinajstić information content (AvgIpc) is 2.49.